The van der Waals surface area contributed by atoms with Gasteiger partial charge in [0.1, 0.15) is 5.78 Å². The Labute approximate surface area is 76.6 Å². The quantitative estimate of drug-likeness (QED) is 0.476. The van der Waals surface area contributed by atoms with Gasteiger partial charge in [0.15, 0.2) is 0 Å². The van der Waals surface area contributed by atoms with E-state index in [1.807, 2.05) is 13.3 Å². The van der Waals surface area contributed by atoms with Gasteiger partial charge in [-0.25, -0.2) is 4.31 Å². The van der Waals surface area contributed by atoms with Crippen LogP contribution in [-0.4, -0.2) is 29.9 Å². The van der Waals surface area contributed by atoms with Crippen LogP contribution >= 0.6 is 21.8 Å². The van der Waals surface area contributed by atoms with E-state index in [1.165, 1.54) is 0 Å². The molecule has 0 unspecified atom stereocenters. The van der Waals surface area contributed by atoms with Gasteiger partial charge in [-0.1, -0.05) is 10.8 Å². The Hall–Kier alpha value is 0.330. The molecule has 0 aliphatic rings. The van der Waals surface area contributed by atoms with Crippen molar-refractivity contribution < 1.29 is 4.79 Å². The summed E-state index contributed by atoms with van der Waals surface area (Å²) in [6.45, 7) is 2.63. The molecule has 0 aliphatic carbocycles. The number of hydrogen-bond acceptors (Lipinski definition) is 4. The fourth-order valence-corrected chi connectivity index (χ4v) is 2.16. The van der Waals surface area contributed by atoms with Crippen molar-refractivity contribution >= 4 is 27.6 Å². The maximum absolute atomic E-state index is 10.6. The summed E-state index contributed by atoms with van der Waals surface area (Å²) in [5.74, 6) is 0.285. The zero-order valence-electron chi connectivity index (χ0n) is 7.29. The zero-order chi connectivity index (χ0) is 8.69. The smallest absolute Gasteiger partial charge is 0.129 e. The van der Waals surface area contributed by atoms with Crippen LogP contribution in [0.3, 0.4) is 0 Å². The van der Waals surface area contributed by atoms with Crippen LogP contribution in [-0.2, 0) is 4.79 Å². The van der Waals surface area contributed by atoms with Gasteiger partial charge in [0.2, 0.25) is 0 Å². The molecule has 0 saturated carbocycles. The van der Waals surface area contributed by atoms with Gasteiger partial charge >= 0.3 is 0 Å². The Bertz CT molecular complexity index is 119. The van der Waals surface area contributed by atoms with Crippen molar-refractivity contribution in [2.24, 2.45) is 0 Å². The SMILES string of the molecule is CSSN(C)CCCC(C)=O. The van der Waals surface area contributed by atoms with Crippen LogP contribution in [0.2, 0.25) is 0 Å². The Balaban J connectivity index is 3.16. The first-order valence-electron chi connectivity index (χ1n) is 3.58. The van der Waals surface area contributed by atoms with Crippen molar-refractivity contribution in [1.82, 2.24) is 4.31 Å². The van der Waals surface area contributed by atoms with E-state index in [0.717, 1.165) is 13.0 Å². The molecule has 2 nitrogen and oxygen atoms in total. The number of rotatable bonds is 6. The summed E-state index contributed by atoms with van der Waals surface area (Å²) >= 11 is 0. The van der Waals surface area contributed by atoms with E-state index in [9.17, 15) is 4.79 Å². The second kappa shape index (κ2) is 7.00. The van der Waals surface area contributed by atoms with Crippen LogP contribution in [0, 0.1) is 0 Å². The van der Waals surface area contributed by atoms with Crippen molar-refractivity contribution in [3.05, 3.63) is 0 Å². The summed E-state index contributed by atoms with van der Waals surface area (Å²) in [4.78, 5) is 10.6. The second-order valence-corrected chi connectivity index (χ2v) is 4.95. The number of hydrogen-bond donors (Lipinski definition) is 0. The fourth-order valence-electron chi connectivity index (χ4n) is 0.715. The summed E-state index contributed by atoms with van der Waals surface area (Å²) in [6.07, 6.45) is 3.73. The molecule has 4 heteroatoms. The average molecular weight is 193 g/mol. The molecule has 0 aromatic rings. The molecule has 0 aromatic heterocycles. The van der Waals surface area contributed by atoms with Gasteiger partial charge in [0, 0.05) is 13.0 Å². The predicted octanol–water partition coefficient (Wildman–Crippen LogP) is 2.21. The van der Waals surface area contributed by atoms with Gasteiger partial charge in [-0.15, -0.1) is 0 Å². The Morgan fingerprint density at radius 1 is 1.55 bits per heavy atom. The standard InChI is InChI=1S/C7H15NOS2/c1-7(9)5-4-6-8(2)11-10-3/h4-6H2,1-3H3. The highest BCUT2D eigenvalue weighted by Gasteiger charge is 1.98. The Morgan fingerprint density at radius 2 is 2.18 bits per heavy atom. The van der Waals surface area contributed by atoms with Crippen LogP contribution in [0.25, 0.3) is 0 Å². The summed E-state index contributed by atoms with van der Waals surface area (Å²) in [6, 6.07) is 0. The lowest BCUT2D eigenvalue weighted by Crippen LogP contribution is -2.10. The van der Waals surface area contributed by atoms with Gasteiger partial charge in [-0.2, -0.15) is 0 Å². The summed E-state index contributed by atoms with van der Waals surface area (Å²) < 4.78 is 2.15. The third-order valence-corrected chi connectivity index (χ3v) is 3.00. The molecule has 0 aliphatic heterocycles. The van der Waals surface area contributed by atoms with Crippen molar-refractivity contribution in [2.75, 3.05) is 19.8 Å². The number of nitrogens with zero attached hydrogens (tertiary/aromatic N) is 1. The Kier molecular flexibility index (Phi) is 7.22. The number of ketones is 1. The first-order valence-corrected chi connectivity index (χ1v) is 6.09. The number of carbonyl (C=O) groups excluding carboxylic acids is 1. The summed E-state index contributed by atoms with van der Waals surface area (Å²) in [5, 5.41) is 0. The third kappa shape index (κ3) is 8.23. The van der Waals surface area contributed by atoms with E-state index in [2.05, 4.69) is 4.31 Å². The molecular weight excluding hydrogens is 178 g/mol. The topological polar surface area (TPSA) is 20.3 Å². The van der Waals surface area contributed by atoms with Crippen LogP contribution in [0.5, 0.6) is 0 Å². The minimum absolute atomic E-state index is 0.285. The molecule has 0 heterocycles. The normalized spacial score (nSPS) is 10.5. The molecule has 66 valence electrons. The zero-order valence-corrected chi connectivity index (χ0v) is 8.93. The number of Topliss-reactive ketones (excluding diaryl/α,β-unsaturated/α-hetero) is 1. The molecule has 0 aromatic carbocycles. The fraction of sp³-hybridized carbons (Fsp3) is 0.857. The molecule has 0 saturated heterocycles. The molecule has 0 spiro atoms. The monoisotopic (exact) mass is 193 g/mol. The van der Waals surface area contributed by atoms with E-state index in [-0.39, 0.29) is 5.78 Å². The van der Waals surface area contributed by atoms with Gasteiger partial charge in [0.25, 0.3) is 0 Å². The van der Waals surface area contributed by atoms with Gasteiger partial charge < -0.3 is 4.79 Å². The highest BCUT2D eigenvalue weighted by atomic mass is 33.1. The van der Waals surface area contributed by atoms with Crippen LogP contribution in [0.1, 0.15) is 19.8 Å². The molecule has 0 rings (SSSR count). The molecule has 0 bridgehead atoms. The van der Waals surface area contributed by atoms with Crippen LogP contribution in [0.4, 0.5) is 0 Å². The second-order valence-electron chi connectivity index (χ2n) is 2.40. The van der Waals surface area contributed by atoms with E-state index in [1.54, 1.807) is 28.7 Å². The molecule has 11 heavy (non-hydrogen) atoms. The maximum atomic E-state index is 10.6. The van der Waals surface area contributed by atoms with E-state index >= 15 is 0 Å². The Morgan fingerprint density at radius 3 is 2.64 bits per heavy atom. The predicted molar refractivity (Wildman–Crippen MR) is 53.7 cm³/mol. The van der Waals surface area contributed by atoms with Gasteiger partial charge in [0.05, 0.1) is 0 Å². The minimum Gasteiger partial charge on any atom is -0.300 e. The lowest BCUT2D eigenvalue weighted by Gasteiger charge is -2.11. The molecular formula is C7H15NOS2. The van der Waals surface area contributed by atoms with Crippen LogP contribution in [0.15, 0.2) is 0 Å². The van der Waals surface area contributed by atoms with Crippen molar-refractivity contribution in [3.63, 3.8) is 0 Å². The molecule has 0 fully saturated rings. The molecule has 0 atom stereocenters. The average Bonchev–Trinajstić information content (AvgIpc) is 1.87. The van der Waals surface area contributed by atoms with Crippen LogP contribution < -0.4 is 0 Å². The highest BCUT2D eigenvalue weighted by molar-refractivity contribution is 8.75. The molecule has 0 radical (unpaired) electrons. The van der Waals surface area contributed by atoms with E-state index in [4.69, 9.17) is 0 Å². The largest absolute Gasteiger partial charge is 0.300 e. The summed E-state index contributed by atoms with van der Waals surface area (Å²) in [5.41, 5.74) is 0. The van der Waals surface area contributed by atoms with E-state index in [0.29, 0.717) is 6.42 Å². The van der Waals surface area contributed by atoms with Gasteiger partial charge in [-0.3, -0.25) is 0 Å². The molecule has 0 amide bonds. The lowest BCUT2D eigenvalue weighted by atomic mass is 10.2. The lowest BCUT2D eigenvalue weighted by molar-refractivity contribution is -0.117. The molecule has 0 N–H and O–H groups in total. The van der Waals surface area contributed by atoms with Gasteiger partial charge in [-0.05, 0) is 37.6 Å². The highest BCUT2D eigenvalue weighted by Crippen LogP contribution is 2.20. The first kappa shape index (κ1) is 11.3. The van der Waals surface area contributed by atoms with Crippen molar-refractivity contribution in [2.45, 2.75) is 19.8 Å². The third-order valence-electron chi connectivity index (χ3n) is 1.20. The van der Waals surface area contributed by atoms with Crippen molar-refractivity contribution in [3.8, 4) is 0 Å². The number of carbonyl (C=O) groups is 1. The maximum Gasteiger partial charge on any atom is 0.129 e. The summed E-state index contributed by atoms with van der Waals surface area (Å²) in [7, 11) is 5.49. The van der Waals surface area contributed by atoms with E-state index < -0.39 is 0 Å². The van der Waals surface area contributed by atoms with Crippen molar-refractivity contribution in [1.29, 1.82) is 0 Å². The first-order chi connectivity index (χ1) is 5.16. The minimum atomic E-state index is 0.285.